The summed E-state index contributed by atoms with van der Waals surface area (Å²) in [6, 6.07) is 9.59. The monoisotopic (exact) mass is 442 g/mol. The number of methoxy groups -OCH3 is 1. The van der Waals surface area contributed by atoms with Gasteiger partial charge in [0, 0.05) is 0 Å². The number of esters is 1. The fourth-order valence-corrected chi connectivity index (χ4v) is 2.77. The van der Waals surface area contributed by atoms with Gasteiger partial charge in [0.05, 0.1) is 7.11 Å². The number of rotatable bonds is 7. The van der Waals surface area contributed by atoms with Gasteiger partial charge in [-0.05, 0) is 11.1 Å². The Bertz CT molecular complexity index is 846. The number of benzene rings is 2. The SMILES string of the molecule is COC(=O)C(F)(F)C(F)(F)C(F)(F)C(F)(F)C(O)(c1ccccc1)c1ccccc1. The molecule has 0 heterocycles. The molecule has 11 heteroatoms. The van der Waals surface area contributed by atoms with Gasteiger partial charge in [0.1, 0.15) is 0 Å². The van der Waals surface area contributed by atoms with Crippen molar-refractivity contribution in [1.29, 1.82) is 0 Å². The van der Waals surface area contributed by atoms with Crippen LogP contribution in [0, 0.1) is 0 Å². The number of carbonyl (C=O) groups is 1. The lowest BCUT2D eigenvalue weighted by molar-refractivity contribution is -0.386. The van der Waals surface area contributed by atoms with Gasteiger partial charge in [-0.25, -0.2) is 4.79 Å². The Morgan fingerprint density at radius 2 is 1.07 bits per heavy atom. The Morgan fingerprint density at radius 3 is 1.40 bits per heavy atom. The first kappa shape index (κ1) is 23.6. The van der Waals surface area contributed by atoms with Crippen LogP contribution < -0.4 is 0 Å². The van der Waals surface area contributed by atoms with Crippen molar-refractivity contribution in [3.63, 3.8) is 0 Å². The van der Waals surface area contributed by atoms with Gasteiger partial charge < -0.3 is 9.84 Å². The van der Waals surface area contributed by atoms with Crippen LogP contribution in [0.5, 0.6) is 0 Å². The first-order valence-electron chi connectivity index (χ1n) is 8.12. The average molecular weight is 442 g/mol. The van der Waals surface area contributed by atoms with Gasteiger partial charge in [0.2, 0.25) is 0 Å². The molecule has 0 aromatic heterocycles. The van der Waals surface area contributed by atoms with Crippen molar-refractivity contribution in [3.8, 4) is 0 Å². The Morgan fingerprint density at radius 1 is 0.700 bits per heavy atom. The molecule has 0 aliphatic carbocycles. The van der Waals surface area contributed by atoms with Gasteiger partial charge in [-0.2, -0.15) is 35.1 Å². The van der Waals surface area contributed by atoms with Gasteiger partial charge >= 0.3 is 29.7 Å². The van der Waals surface area contributed by atoms with Crippen LogP contribution in [0.25, 0.3) is 0 Å². The van der Waals surface area contributed by atoms with Crippen LogP contribution in [0.2, 0.25) is 0 Å². The highest BCUT2D eigenvalue weighted by Crippen LogP contribution is 2.59. The first-order valence-corrected chi connectivity index (χ1v) is 8.12. The zero-order chi connectivity index (χ0) is 23.0. The molecule has 164 valence electrons. The molecule has 0 saturated carbocycles. The minimum absolute atomic E-state index is 0.187. The maximum Gasteiger partial charge on any atom is 0.410 e. The minimum atomic E-state index is -6.94. The predicted molar refractivity (Wildman–Crippen MR) is 87.7 cm³/mol. The molecule has 2 aromatic carbocycles. The number of hydrogen-bond donors (Lipinski definition) is 1. The van der Waals surface area contributed by atoms with E-state index in [4.69, 9.17) is 0 Å². The zero-order valence-electron chi connectivity index (χ0n) is 15.1. The van der Waals surface area contributed by atoms with E-state index in [1.165, 1.54) is 12.1 Å². The molecule has 0 atom stereocenters. The molecule has 0 saturated heterocycles. The van der Waals surface area contributed by atoms with E-state index in [2.05, 4.69) is 4.74 Å². The van der Waals surface area contributed by atoms with Gasteiger partial charge in [0.25, 0.3) is 0 Å². The number of alkyl halides is 8. The molecular weight excluding hydrogens is 428 g/mol. The van der Waals surface area contributed by atoms with Gasteiger partial charge in [-0.1, -0.05) is 60.7 Å². The fraction of sp³-hybridized carbons (Fsp3) is 0.316. The fourth-order valence-electron chi connectivity index (χ4n) is 2.77. The van der Waals surface area contributed by atoms with Crippen molar-refractivity contribution in [2.45, 2.75) is 29.3 Å². The average Bonchev–Trinajstić information content (AvgIpc) is 2.73. The Kier molecular flexibility index (Phi) is 5.92. The molecule has 30 heavy (non-hydrogen) atoms. The number of halogens is 8. The molecule has 0 aliphatic heterocycles. The third-order valence-electron chi connectivity index (χ3n) is 4.46. The lowest BCUT2D eigenvalue weighted by Gasteiger charge is -2.43. The lowest BCUT2D eigenvalue weighted by atomic mass is 9.76. The second kappa shape index (κ2) is 7.53. The standard InChI is InChI=1S/C19H14F8O3/c1-30-14(28)16(20,21)18(24,25)19(26,27)17(22,23)15(29,12-8-4-2-5-9-12)13-10-6-3-7-11-13/h2-11,29H,1H3. The number of hydrogen-bond acceptors (Lipinski definition) is 3. The van der Waals surface area contributed by atoms with Crippen LogP contribution in [0.4, 0.5) is 35.1 Å². The van der Waals surface area contributed by atoms with E-state index in [0.717, 1.165) is 48.5 Å². The third kappa shape index (κ3) is 3.11. The molecule has 0 aliphatic rings. The van der Waals surface area contributed by atoms with E-state index < -0.39 is 46.4 Å². The molecule has 3 nitrogen and oxygen atoms in total. The Labute approximate surface area is 164 Å². The summed E-state index contributed by atoms with van der Waals surface area (Å²) in [6.07, 6.45) is 0. The summed E-state index contributed by atoms with van der Waals surface area (Å²) in [7, 11) is 0.187. The summed E-state index contributed by atoms with van der Waals surface area (Å²) in [5.74, 6) is -29.6. The second-order valence-electron chi connectivity index (χ2n) is 6.23. The van der Waals surface area contributed by atoms with Crippen molar-refractivity contribution in [2.75, 3.05) is 7.11 Å². The number of carbonyl (C=O) groups excluding carboxylic acids is 1. The van der Waals surface area contributed by atoms with Crippen LogP contribution in [0.15, 0.2) is 60.7 Å². The summed E-state index contributed by atoms with van der Waals surface area (Å²) in [5.41, 5.74) is -6.12. The third-order valence-corrected chi connectivity index (χ3v) is 4.46. The van der Waals surface area contributed by atoms with Crippen LogP contribution in [0.1, 0.15) is 11.1 Å². The second-order valence-corrected chi connectivity index (χ2v) is 6.23. The van der Waals surface area contributed by atoms with E-state index in [-0.39, 0.29) is 7.11 Å². The highest BCUT2D eigenvalue weighted by Gasteiger charge is 2.87. The Balaban J connectivity index is 2.79. The smallest absolute Gasteiger partial charge is 0.410 e. The quantitative estimate of drug-likeness (QED) is 0.502. The van der Waals surface area contributed by atoms with Gasteiger partial charge in [-0.15, -0.1) is 0 Å². The first-order chi connectivity index (χ1) is 13.7. The summed E-state index contributed by atoms with van der Waals surface area (Å²) in [6.45, 7) is 0. The summed E-state index contributed by atoms with van der Waals surface area (Å²) >= 11 is 0. The molecule has 0 spiro atoms. The lowest BCUT2D eigenvalue weighted by Crippen LogP contribution is -2.69. The van der Waals surface area contributed by atoms with Crippen molar-refractivity contribution in [1.82, 2.24) is 0 Å². The normalized spacial score (nSPS) is 13.8. The molecule has 0 radical (unpaired) electrons. The molecule has 0 amide bonds. The molecule has 0 unspecified atom stereocenters. The summed E-state index contributed by atoms with van der Waals surface area (Å²) < 4.78 is 118. The van der Waals surface area contributed by atoms with Crippen LogP contribution in [-0.2, 0) is 15.1 Å². The van der Waals surface area contributed by atoms with Crippen LogP contribution >= 0.6 is 0 Å². The predicted octanol–water partition coefficient (Wildman–Crippen LogP) is 4.64. The van der Waals surface area contributed by atoms with Gasteiger partial charge in [0.15, 0.2) is 5.60 Å². The van der Waals surface area contributed by atoms with Crippen molar-refractivity contribution < 1.29 is 49.8 Å². The molecule has 1 N–H and O–H groups in total. The van der Waals surface area contributed by atoms with E-state index in [9.17, 15) is 36.2 Å². The topological polar surface area (TPSA) is 46.5 Å². The molecular formula is C19H14F8O3. The highest BCUT2D eigenvalue weighted by molar-refractivity contribution is 5.79. The van der Waals surface area contributed by atoms with E-state index in [0.29, 0.717) is 0 Å². The zero-order valence-corrected chi connectivity index (χ0v) is 15.1. The molecule has 0 bridgehead atoms. The maximum absolute atomic E-state index is 15.0. The van der Waals surface area contributed by atoms with Crippen molar-refractivity contribution in [3.05, 3.63) is 71.8 Å². The molecule has 2 rings (SSSR count). The maximum atomic E-state index is 15.0. The Hall–Kier alpha value is -2.69. The number of aliphatic hydroxyl groups is 1. The van der Waals surface area contributed by atoms with E-state index in [1.54, 1.807) is 0 Å². The van der Waals surface area contributed by atoms with Crippen LogP contribution in [0.3, 0.4) is 0 Å². The van der Waals surface area contributed by atoms with E-state index in [1.807, 2.05) is 0 Å². The largest absolute Gasteiger partial charge is 0.464 e. The molecule has 0 fully saturated rings. The van der Waals surface area contributed by atoms with Crippen LogP contribution in [-0.4, -0.2) is 41.9 Å². The minimum Gasteiger partial charge on any atom is -0.464 e. The summed E-state index contributed by atoms with van der Waals surface area (Å²) in [5, 5.41) is 10.7. The highest BCUT2D eigenvalue weighted by atomic mass is 19.4. The van der Waals surface area contributed by atoms with E-state index >= 15 is 8.78 Å². The van der Waals surface area contributed by atoms with Crippen molar-refractivity contribution in [2.24, 2.45) is 0 Å². The summed E-state index contributed by atoms with van der Waals surface area (Å²) in [4.78, 5) is 11.0. The molecule has 2 aromatic rings. The van der Waals surface area contributed by atoms with Crippen molar-refractivity contribution >= 4 is 5.97 Å². The number of ether oxygens (including phenoxy) is 1. The van der Waals surface area contributed by atoms with Gasteiger partial charge in [-0.3, -0.25) is 0 Å².